The van der Waals surface area contributed by atoms with Crippen LogP contribution in [0.5, 0.6) is 0 Å². The van der Waals surface area contributed by atoms with Gasteiger partial charge in [-0.3, -0.25) is 14.3 Å². The molecule has 0 aliphatic carbocycles. The Balaban J connectivity index is 1.54. The Morgan fingerprint density at radius 1 is 1.00 bits per heavy atom. The standard InChI is InChI=1S/C24H24N4O4S2/c1-34(31,32)28-19-9-4-2-7-16(19)14-26-23(29)21(27-24(30)22-11-6-12-33-22)13-17-15-25-20-10-5-3-8-18(17)20/h2-12,15,21,25,28H,13-14H2,1H3,(H,26,29)(H,27,30). The smallest absolute Gasteiger partial charge is 0.262 e. The maximum absolute atomic E-state index is 13.2. The lowest BCUT2D eigenvalue weighted by molar-refractivity contribution is -0.123. The lowest BCUT2D eigenvalue weighted by atomic mass is 10.0. The largest absolute Gasteiger partial charge is 0.361 e. The molecule has 0 saturated carbocycles. The molecule has 1 unspecified atom stereocenters. The number of nitrogens with one attached hydrogen (secondary N) is 4. The van der Waals surface area contributed by atoms with E-state index in [9.17, 15) is 18.0 Å². The van der Waals surface area contributed by atoms with Crippen molar-refractivity contribution >= 4 is 49.8 Å². The van der Waals surface area contributed by atoms with Gasteiger partial charge >= 0.3 is 0 Å². The zero-order valence-corrected chi connectivity index (χ0v) is 20.0. The van der Waals surface area contributed by atoms with Gasteiger partial charge in [0.2, 0.25) is 15.9 Å². The summed E-state index contributed by atoms with van der Waals surface area (Å²) in [5.74, 6) is -0.696. The number of aromatic nitrogens is 1. The van der Waals surface area contributed by atoms with Crippen LogP contribution in [-0.4, -0.2) is 37.5 Å². The van der Waals surface area contributed by atoms with Crippen LogP contribution >= 0.6 is 11.3 Å². The summed E-state index contributed by atoms with van der Waals surface area (Å²) in [5.41, 5.74) is 2.85. The van der Waals surface area contributed by atoms with E-state index in [-0.39, 0.29) is 24.8 Å². The zero-order valence-electron chi connectivity index (χ0n) is 18.4. The van der Waals surface area contributed by atoms with Crippen molar-refractivity contribution in [3.8, 4) is 0 Å². The summed E-state index contributed by atoms with van der Waals surface area (Å²) in [6, 6.07) is 17.2. The second-order valence-electron chi connectivity index (χ2n) is 7.82. The molecule has 0 bridgehead atoms. The Morgan fingerprint density at radius 2 is 1.76 bits per heavy atom. The van der Waals surface area contributed by atoms with E-state index in [0.717, 1.165) is 22.7 Å². The fourth-order valence-electron chi connectivity index (χ4n) is 3.65. The Labute approximate surface area is 201 Å². The molecule has 1 atom stereocenters. The normalized spacial score (nSPS) is 12.3. The van der Waals surface area contributed by atoms with Gasteiger partial charge in [-0.2, -0.15) is 0 Å². The van der Waals surface area contributed by atoms with Gasteiger partial charge in [-0.1, -0.05) is 42.5 Å². The van der Waals surface area contributed by atoms with Crippen LogP contribution in [0.2, 0.25) is 0 Å². The number of aromatic amines is 1. The molecule has 10 heteroatoms. The number of carbonyl (C=O) groups excluding carboxylic acids is 2. The second-order valence-corrected chi connectivity index (χ2v) is 10.5. The first-order chi connectivity index (χ1) is 16.3. The molecule has 0 spiro atoms. The number of hydrogen-bond acceptors (Lipinski definition) is 5. The van der Waals surface area contributed by atoms with Crippen molar-refractivity contribution in [3.05, 3.63) is 88.2 Å². The molecule has 176 valence electrons. The quantitative estimate of drug-likeness (QED) is 0.284. The van der Waals surface area contributed by atoms with E-state index in [1.807, 2.05) is 30.5 Å². The third kappa shape index (κ3) is 5.83. The minimum atomic E-state index is -3.47. The van der Waals surface area contributed by atoms with Gasteiger partial charge in [0, 0.05) is 30.1 Å². The Bertz CT molecular complexity index is 1410. The lowest BCUT2D eigenvalue weighted by Gasteiger charge is -2.19. The number of carbonyl (C=O) groups is 2. The lowest BCUT2D eigenvalue weighted by Crippen LogP contribution is -2.47. The van der Waals surface area contributed by atoms with Gasteiger partial charge in [0.1, 0.15) is 6.04 Å². The van der Waals surface area contributed by atoms with E-state index >= 15 is 0 Å². The van der Waals surface area contributed by atoms with Gasteiger partial charge in [-0.05, 0) is 34.7 Å². The molecule has 0 aliphatic rings. The Morgan fingerprint density at radius 3 is 2.53 bits per heavy atom. The average Bonchev–Trinajstić information content (AvgIpc) is 3.47. The SMILES string of the molecule is CS(=O)(=O)Nc1ccccc1CNC(=O)C(Cc1c[nH]c2ccccc12)NC(=O)c1cccs1. The molecule has 0 radical (unpaired) electrons. The van der Waals surface area contributed by atoms with Crippen LogP contribution in [0.25, 0.3) is 10.9 Å². The summed E-state index contributed by atoms with van der Waals surface area (Å²) >= 11 is 1.30. The molecule has 0 fully saturated rings. The van der Waals surface area contributed by atoms with Gasteiger partial charge in [-0.15, -0.1) is 11.3 Å². The highest BCUT2D eigenvalue weighted by Gasteiger charge is 2.24. The fourth-order valence-corrected chi connectivity index (χ4v) is 4.87. The number of anilines is 1. The summed E-state index contributed by atoms with van der Waals surface area (Å²) in [4.78, 5) is 29.6. The third-order valence-corrected chi connectivity index (χ3v) is 6.69. The molecule has 2 aromatic heterocycles. The molecular weight excluding hydrogens is 472 g/mol. The van der Waals surface area contributed by atoms with Crippen molar-refractivity contribution in [3.63, 3.8) is 0 Å². The Hall–Kier alpha value is -3.63. The molecule has 0 saturated heterocycles. The molecule has 4 aromatic rings. The highest BCUT2D eigenvalue weighted by atomic mass is 32.2. The minimum absolute atomic E-state index is 0.0940. The van der Waals surface area contributed by atoms with Crippen LogP contribution in [0.15, 0.2) is 72.2 Å². The molecule has 4 rings (SSSR count). The van der Waals surface area contributed by atoms with Crippen molar-refractivity contribution in [2.24, 2.45) is 0 Å². The highest BCUT2D eigenvalue weighted by Crippen LogP contribution is 2.20. The number of rotatable bonds is 9. The molecule has 4 N–H and O–H groups in total. The van der Waals surface area contributed by atoms with Crippen LogP contribution in [0.1, 0.15) is 20.8 Å². The summed E-state index contributed by atoms with van der Waals surface area (Å²) < 4.78 is 25.8. The predicted molar refractivity (Wildman–Crippen MR) is 134 cm³/mol. The van der Waals surface area contributed by atoms with Crippen molar-refractivity contribution < 1.29 is 18.0 Å². The van der Waals surface area contributed by atoms with Crippen molar-refractivity contribution in [2.75, 3.05) is 11.0 Å². The van der Waals surface area contributed by atoms with Gasteiger partial charge in [0.25, 0.3) is 5.91 Å². The van der Waals surface area contributed by atoms with E-state index in [1.54, 1.807) is 41.8 Å². The molecule has 8 nitrogen and oxygen atoms in total. The van der Waals surface area contributed by atoms with E-state index in [1.165, 1.54) is 11.3 Å². The van der Waals surface area contributed by atoms with Crippen LogP contribution in [0.4, 0.5) is 5.69 Å². The zero-order chi connectivity index (χ0) is 24.1. The fraction of sp³-hybridized carbons (Fsp3) is 0.167. The van der Waals surface area contributed by atoms with Gasteiger partial charge in [0.15, 0.2) is 0 Å². The first-order valence-corrected chi connectivity index (χ1v) is 13.3. The van der Waals surface area contributed by atoms with E-state index in [4.69, 9.17) is 0 Å². The van der Waals surface area contributed by atoms with Crippen LogP contribution < -0.4 is 15.4 Å². The number of para-hydroxylation sites is 2. The molecule has 2 amide bonds. The first-order valence-electron chi connectivity index (χ1n) is 10.5. The summed E-state index contributed by atoms with van der Waals surface area (Å²) in [6.07, 6.45) is 3.20. The third-order valence-electron chi connectivity index (χ3n) is 5.23. The molecule has 0 aliphatic heterocycles. The number of benzene rings is 2. The van der Waals surface area contributed by atoms with Crippen LogP contribution in [0.3, 0.4) is 0 Å². The number of amides is 2. The molecular formula is C24H24N4O4S2. The number of thiophene rings is 1. The molecule has 34 heavy (non-hydrogen) atoms. The van der Waals surface area contributed by atoms with Crippen LogP contribution in [-0.2, 0) is 27.8 Å². The summed E-state index contributed by atoms with van der Waals surface area (Å²) in [6.45, 7) is 0.0940. The topological polar surface area (TPSA) is 120 Å². The number of hydrogen-bond donors (Lipinski definition) is 4. The average molecular weight is 497 g/mol. The monoisotopic (exact) mass is 496 g/mol. The molecule has 2 aromatic carbocycles. The summed E-state index contributed by atoms with van der Waals surface area (Å²) in [5, 5.41) is 8.47. The van der Waals surface area contributed by atoms with Gasteiger partial charge in [-0.25, -0.2) is 8.42 Å². The maximum atomic E-state index is 13.2. The predicted octanol–water partition coefficient (Wildman–Crippen LogP) is 3.26. The number of H-pyrrole nitrogens is 1. The van der Waals surface area contributed by atoms with E-state index in [2.05, 4.69) is 20.3 Å². The van der Waals surface area contributed by atoms with E-state index < -0.39 is 16.1 Å². The van der Waals surface area contributed by atoms with Crippen molar-refractivity contribution in [1.82, 2.24) is 15.6 Å². The van der Waals surface area contributed by atoms with Gasteiger partial charge < -0.3 is 15.6 Å². The minimum Gasteiger partial charge on any atom is -0.361 e. The first kappa shape index (κ1) is 23.5. The van der Waals surface area contributed by atoms with E-state index in [0.29, 0.717) is 16.1 Å². The van der Waals surface area contributed by atoms with Crippen LogP contribution in [0, 0.1) is 0 Å². The summed E-state index contributed by atoms with van der Waals surface area (Å²) in [7, 11) is -3.47. The number of fused-ring (bicyclic) bond motifs is 1. The number of sulfonamides is 1. The van der Waals surface area contributed by atoms with Crippen molar-refractivity contribution in [1.29, 1.82) is 0 Å². The highest BCUT2D eigenvalue weighted by molar-refractivity contribution is 7.92. The Kier molecular flexibility index (Phi) is 6.99. The second kappa shape index (κ2) is 10.1. The maximum Gasteiger partial charge on any atom is 0.262 e. The van der Waals surface area contributed by atoms with Crippen molar-refractivity contribution in [2.45, 2.75) is 19.0 Å². The van der Waals surface area contributed by atoms with Gasteiger partial charge in [0.05, 0.1) is 16.8 Å². The molecule has 2 heterocycles.